The minimum atomic E-state index is -0.273. The first-order chi connectivity index (χ1) is 10.5. The molecule has 0 N–H and O–H groups in total. The number of likely N-dealkylation sites (N-methyl/N-ethyl adjacent to an activating group) is 1. The Kier molecular flexibility index (Phi) is 4.02. The lowest BCUT2D eigenvalue weighted by atomic mass is 9.96. The van der Waals surface area contributed by atoms with Crippen LogP contribution >= 0.6 is 31.9 Å². The van der Waals surface area contributed by atoms with Crippen molar-refractivity contribution in [3.63, 3.8) is 0 Å². The Hall–Kier alpha value is -1.72. The zero-order chi connectivity index (χ0) is 15.9. The van der Waals surface area contributed by atoms with Gasteiger partial charge in [0.2, 0.25) is 0 Å². The number of hydrogen-bond acceptors (Lipinski definition) is 2. The second kappa shape index (κ2) is 5.82. The van der Waals surface area contributed by atoms with Gasteiger partial charge in [0.15, 0.2) is 0 Å². The van der Waals surface area contributed by atoms with Gasteiger partial charge in [0.1, 0.15) is 0 Å². The summed E-state index contributed by atoms with van der Waals surface area (Å²) >= 11 is 6.75. The predicted octanol–water partition coefficient (Wildman–Crippen LogP) is 4.12. The molecule has 0 radical (unpaired) electrons. The molecule has 2 amide bonds. The summed E-state index contributed by atoms with van der Waals surface area (Å²) in [6, 6.07) is 14.8. The van der Waals surface area contributed by atoms with Crippen molar-refractivity contribution in [1.29, 1.82) is 0 Å². The molecule has 1 aliphatic heterocycles. The molecule has 0 saturated carbocycles. The maximum absolute atomic E-state index is 12.5. The number of hydrogen-bond donors (Lipinski definition) is 0. The van der Waals surface area contributed by atoms with Crippen LogP contribution in [0.2, 0.25) is 0 Å². The third-order valence-electron chi connectivity index (χ3n) is 3.55. The summed E-state index contributed by atoms with van der Waals surface area (Å²) in [4.78, 5) is 26.1. The van der Waals surface area contributed by atoms with Gasteiger partial charge in [0.05, 0.1) is 11.1 Å². The fourth-order valence-electron chi connectivity index (χ4n) is 2.41. The second-order valence-corrected chi connectivity index (χ2v) is 6.76. The lowest BCUT2D eigenvalue weighted by Gasteiger charge is -2.06. The van der Waals surface area contributed by atoms with E-state index in [9.17, 15) is 9.59 Å². The van der Waals surface area contributed by atoms with Crippen LogP contribution in [0.3, 0.4) is 0 Å². The van der Waals surface area contributed by atoms with E-state index in [2.05, 4.69) is 31.9 Å². The molecule has 0 spiro atoms. The van der Waals surface area contributed by atoms with Gasteiger partial charge in [0.25, 0.3) is 11.8 Å². The molecule has 0 fully saturated rings. The Morgan fingerprint density at radius 1 is 0.682 bits per heavy atom. The molecule has 0 aliphatic carbocycles. The molecule has 3 nitrogen and oxygen atoms in total. The van der Waals surface area contributed by atoms with Crippen LogP contribution in [-0.4, -0.2) is 23.8 Å². The number of carbonyl (C=O) groups excluding carboxylic acids is 2. The number of benzene rings is 2. The van der Waals surface area contributed by atoms with Gasteiger partial charge in [0, 0.05) is 16.0 Å². The zero-order valence-electron chi connectivity index (χ0n) is 11.6. The maximum Gasteiger partial charge on any atom is 0.261 e. The summed E-state index contributed by atoms with van der Waals surface area (Å²) in [5.74, 6) is -0.546. The predicted molar refractivity (Wildman–Crippen MR) is 92.9 cm³/mol. The van der Waals surface area contributed by atoms with Crippen LogP contribution in [0.4, 0.5) is 0 Å². The Labute approximate surface area is 144 Å². The Morgan fingerprint density at radius 2 is 1.00 bits per heavy atom. The fourth-order valence-corrected chi connectivity index (χ4v) is 2.94. The standard InChI is InChI=1S/C17H11Br2NO2/c1-20-16(21)14(10-2-6-12(18)7-3-10)15(17(20)22)11-4-8-13(19)9-5-11/h2-9H,1H3. The molecule has 2 aromatic rings. The molecule has 22 heavy (non-hydrogen) atoms. The number of carbonyl (C=O) groups is 2. The zero-order valence-corrected chi connectivity index (χ0v) is 14.8. The molecule has 3 rings (SSSR count). The molecule has 1 aliphatic rings. The van der Waals surface area contributed by atoms with Gasteiger partial charge in [-0.3, -0.25) is 14.5 Å². The minimum Gasteiger partial charge on any atom is -0.277 e. The highest BCUT2D eigenvalue weighted by atomic mass is 79.9. The number of imide groups is 1. The fraction of sp³-hybridized carbons (Fsp3) is 0.0588. The average Bonchev–Trinajstić information content (AvgIpc) is 2.74. The number of halogens is 2. The van der Waals surface area contributed by atoms with Gasteiger partial charge < -0.3 is 0 Å². The first kappa shape index (κ1) is 15.2. The molecular weight excluding hydrogens is 410 g/mol. The summed E-state index contributed by atoms with van der Waals surface area (Å²) in [5.41, 5.74) is 2.37. The molecule has 1 heterocycles. The Morgan fingerprint density at radius 3 is 1.32 bits per heavy atom. The van der Waals surface area contributed by atoms with Crippen LogP contribution in [0.15, 0.2) is 57.5 Å². The highest BCUT2D eigenvalue weighted by Crippen LogP contribution is 2.35. The van der Waals surface area contributed by atoms with E-state index in [0.717, 1.165) is 25.0 Å². The van der Waals surface area contributed by atoms with Gasteiger partial charge in [-0.05, 0) is 35.4 Å². The van der Waals surface area contributed by atoms with Crippen molar-refractivity contribution in [3.05, 3.63) is 68.6 Å². The van der Waals surface area contributed by atoms with Gasteiger partial charge in [-0.25, -0.2) is 0 Å². The van der Waals surface area contributed by atoms with Crippen molar-refractivity contribution in [2.75, 3.05) is 7.05 Å². The molecule has 0 unspecified atom stereocenters. The average molecular weight is 421 g/mol. The molecule has 0 aromatic heterocycles. The first-order valence-electron chi connectivity index (χ1n) is 6.57. The molecule has 2 aromatic carbocycles. The Bertz CT molecular complexity index is 725. The van der Waals surface area contributed by atoms with E-state index in [1.54, 1.807) is 0 Å². The van der Waals surface area contributed by atoms with Crippen LogP contribution in [0.5, 0.6) is 0 Å². The van der Waals surface area contributed by atoms with Gasteiger partial charge in [-0.2, -0.15) is 0 Å². The van der Waals surface area contributed by atoms with E-state index in [0.29, 0.717) is 11.1 Å². The molecular formula is C17H11Br2NO2. The monoisotopic (exact) mass is 419 g/mol. The SMILES string of the molecule is CN1C(=O)C(c2ccc(Br)cc2)=C(c2ccc(Br)cc2)C1=O. The van der Waals surface area contributed by atoms with Gasteiger partial charge in [-0.1, -0.05) is 56.1 Å². The molecule has 0 saturated heterocycles. The smallest absolute Gasteiger partial charge is 0.261 e. The summed E-state index contributed by atoms with van der Waals surface area (Å²) in [6.07, 6.45) is 0. The lowest BCUT2D eigenvalue weighted by molar-refractivity contribution is -0.134. The number of nitrogens with zero attached hydrogens (tertiary/aromatic N) is 1. The Balaban J connectivity index is 2.22. The van der Waals surface area contributed by atoms with E-state index >= 15 is 0 Å². The quantitative estimate of drug-likeness (QED) is 0.685. The van der Waals surface area contributed by atoms with Crippen molar-refractivity contribution >= 4 is 54.8 Å². The third-order valence-corrected chi connectivity index (χ3v) is 4.61. The van der Waals surface area contributed by atoms with Crippen LogP contribution in [0, 0.1) is 0 Å². The molecule has 0 atom stereocenters. The summed E-state index contributed by atoms with van der Waals surface area (Å²) < 4.78 is 1.85. The molecule has 110 valence electrons. The van der Waals surface area contributed by atoms with Crippen molar-refractivity contribution < 1.29 is 9.59 Å². The van der Waals surface area contributed by atoms with Crippen LogP contribution in [0.1, 0.15) is 11.1 Å². The maximum atomic E-state index is 12.5. The summed E-state index contributed by atoms with van der Waals surface area (Å²) in [7, 11) is 1.51. The lowest BCUT2D eigenvalue weighted by Crippen LogP contribution is -2.26. The van der Waals surface area contributed by atoms with Gasteiger partial charge >= 0.3 is 0 Å². The van der Waals surface area contributed by atoms with Crippen LogP contribution in [0.25, 0.3) is 11.1 Å². The molecule has 0 bridgehead atoms. The van der Waals surface area contributed by atoms with E-state index in [1.807, 2.05) is 48.5 Å². The summed E-state index contributed by atoms with van der Waals surface area (Å²) in [5, 5.41) is 0. The van der Waals surface area contributed by atoms with Crippen molar-refractivity contribution in [3.8, 4) is 0 Å². The topological polar surface area (TPSA) is 37.4 Å². The molecule has 5 heteroatoms. The van der Waals surface area contributed by atoms with E-state index in [1.165, 1.54) is 7.05 Å². The van der Waals surface area contributed by atoms with Crippen molar-refractivity contribution in [2.45, 2.75) is 0 Å². The van der Waals surface area contributed by atoms with E-state index in [-0.39, 0.29) is 11.8 Å². The highest BCUT2D eigenvalue weighted by Gasteiger charge is 2.36. The third kappa shape index (κ3) is 2.55. The van der Waals surface area contributed by atoms with Gasteiger partial charge in [-0.15, -0.1) is 0 Å². The van der Waals surface area contributed by atoms with Crippen LogP contribution < -0.4 is 0 Å². The number of rotatable bonds is 2. The van der Waals surface area contributed by atoms with E-state index in [4.69, 9.17) is 0 Å². The second-order valence-electron chi connectivity index (χ2n) is 4.93. The van der Waals surface area contributed by atoms with Crippen molar-refractivity contribution in [2.24, 2.45) is 0 Å². The highest BCUT2D eigenvalue weighted by molar-refractivity contribution is 9.10. The summed E-state index contributed by atoms with van der Waals surface area (Å²) in [6.45, 7) is 0. The largest absolute Gasteiger partial charge is 0.277 e. The van der Waals surface area contributed by atoms with E-state index < -0.39 is 0 Å². The number of amides is 2. The normalized spacial score (nSPS) is 15.0. The first-order valence-corrected chi connectivity index (χ1v) is 8.16. The van der Waals surface area contributed by atoms with Crippen molar-refractivity contribution in [1.82, 2.24) is 4.90 Å². The van der Waals surface area contributed by atoms with Crippen LogP contribution in [-0.2, 0) is 9.59 Å². The minimum absolute atomic E-state index is 0.273.